The van der Waals surface area contributed by atoms with Crippen LogP contribution in [0.15, 0.2) is 53.0 Å². The average molecular weight is 484 g/mol. The normalized spacial score (nSPS) is 11.1. The summed E-state index contributed by atoms with van der Waals surface area (Å²) in [4.78, 5) is 18.6. The Balaban J connectivity index is 1.79. The topological polar surface area (TPSA) is 55.6 Å². The fraction of sp³-hybridized carbons (Fsp3) is 0.217. The van der Waals surface area contributed by atoms with Gasteiger partial charge in [0.15, 0.2) is 4.96 Å². The number of carbonyl (C=O) groups is 1. The lowest BCUT2D eigenvalue weighted by atomic mass is 10.1. The highest BCUT2D eigenvalue weighted by atomic mass is 79.9. The Labute approximate surface area is 187 Å². The first-order chi connectivity index (χ1) is 14.5. The van der Waals surface area contributed by atoms with Gasteiger partial charge < -0.3 is 10.1 Å². The van der Waals surface area contributed by atoms with Crippen molar-refractivity contribution in [2.24, 2.45) is 0 Å². The molecule has 2 aromatic carbocycles. The minimum Gasteiger partial charge on any atom is -0.462 e. The third-order valence-corrected chi connectivity index (χ3v) is 6.51. The summed E-state index contributed by atoms with van der Waals surface area (Å²) in [7, 11) is 0. The summed E-state index contributed by atoms with van der Waals surface area (Å²) >= 11 is 4.85. The first-order valence-electron chi connectivity index (χ1n) is 9.72. The molecule has 7 heteroatoms. The van der Waals surface area contributed by atoms with Crippen molar-refractivity contribution >= 4 is 44.0 Å². The zero-order valence-corrected chi connectivity index (χ0v) is 19.4. The number of hydrogen-bond donors (Lipinski definition) is 1. The number of imidazole rings is 1. The summed E-state index contributed by atoms with van der Waals surface area (Å²) in [6.45, 7) is 6.82. The standard InChI is InChI=1S/C23H22BrN3O2S/c1-4-29-22(28)20-15(3)27-21(25-13-16-7-5-14(2)6-8-16)19(26-23(27)30-20)17-9-11-18(24)12-10-17/h5-12,25H,4,13H2,1-3H3. The fourth-order valence-electron chi connectivity index (χ4n) is 3.30. The van der Waals surface area contributed by atoms with E-state index in [-0.39, 0.29) is 5.97 Å². The van der Waals surface area contributed by atoms with Gasteiger partial charge in [0.05, 0.1) is 6.61 Å². The van der Waals surface area contributed by atoms with Crippen LogP contribution in [0, 0.1) is 13.8 Å². The molecular weight excluding hydrogens is 462 g/mol. The lowest BCUT2D eigenvalue weighted by molar-refractivity contribution is 0.0531. The maximum Gasteiger partial charge on any atom is 0.350 e. The van der Waals surface area contributed by atoms with Crippen molar-refractivity contribution in [3.8, 4) is 11.3 Å². The van der Waals surface area contributed by atoms with Crippen LogP contribution in [0.3, 0.4) is 0 Å². The lowest BCUT2D eigenvalue weighted by Gasteiger charge is -2.10. The van der Waals surface area contributed by atoms with Gasteiger partial charge in [-0.25, -0.2) is 9.78 Å². The summed E-state index contributed by atoms with van der Waals surface area (Å²) in [6, 6.07) is 16.5. The van der Waals surface area contributed by atoms with Crippen molar-refractivity contribution in [2.75, 3.05) is 11.9 Å². The van der Waals surface area contributed by atoms with Crippen LogP contribution in [0.25, 0.3) is 16.2 Å². The SMILES string of the molecule is CCOC(=O)c1sc2nc(-c3ccc(Br)cc3)c(NCc3ccc(C)cc3)n2c1C. The van der Waals surface area contributed by atoms with E-state index in [9.17, 15) is 4.79 Å². The third-order valence-electron chi connectivity index (χ3n) is 4.86. The van der Waals surface area contributed by atoms with Gasteiger partial charge in [-0.2, -0.15) is 0 Å². The van der Waals surface area contributed by atoms with E-state index in [1.807, 2.05) is 42.5 Å². The van der Waals surface area contributed by atoms with Crippen molar-refractivity contribution in [3.05, 3.63) is 74.7 Å². The number of benzene rings is 2. The molecule has 0 fully saturated rings. The van der Waals surface area contributed by atoms with Gasteiger partial charge in [0.25, 0.3) is 0 Å². The maximum atomic E-state index is 12.4. The van der Waals surface area contributed by atoms with Gasteiger partial charge in [-0.15, -0.1) is 0 Å². The van der Waals surface area contributed by atoms with E-state index in [2.05, 4.69) is 52.4 Å². The van der Waals surface area contributed by atoms with Crippen LogP contribution in [0.2, 0.25) is 0 Å². The molecule has 0 aliphatic heterocycles. The van der Waals surface area contributed by atoms with Crippen molar-refractivity contribution < 1.29 is 9.53 Å². The van der Waals surface area contributed by atoms with E-state index in [0.29, 0.717) is 18.0 Å². The van der Waals surface area contributed by atoms with Crippen LogP contribution in [-0.2, 0) is 11.3 Å². The van der Waals surface area contributed by atoms with E-state index >= 15 is 0 Å². The molecule has 0 saturated heterocycles. The second-order valence-corrected chi connectivity index (χ2v) is 8.90. The molecule has 0 aliphatic carbocycles. The second-order valence-electron chi connectivity index (χ2n) is 7.01. The van der Waals surface area contributed by atoms with Crippen LogP contribution in [0.5, 0.6) is 0 Å². The molecule has 0 saturated carbocycles. The Hall–Kier alpha value is -2.64. The summed E-state index contributed by atoms with van der Waals surface area (Å²) in [5.41, 5.74) is 5.11. The molecule has 2 aromatic heterocycles. The highest BCUT2D eigenvalue weighted by Gasteiger charge is 2.23. The molecule has 0 radical (unpaired) electrons. The molecule has 4 rings (SSSR count). The molecule has 2 heterocycles. The van der Waals surface area contributed by atoms with Gasteiger partial charge in [0.1, 0.15) is 16.4 Å². The van der Waals surface area contributed by atoms with Gasteiger partial charge in [-0.05, 0) is 38.5 Å². The molecule has 154 valence electrons. The summed E-state index contributed by atoms with van der Waals surface area (Å²) in [5.74, 6) is 0.567. The molecule has 0 atom stereocenters. The molecule has 0 bridgehead atoms. The minimum absolute atomic E-state index is 0.305. The van der Waals surface area contributed by atoms with Crippen LogP contribution in [-0.4, -0.2) is 22.0 Å². The molecule has 0 spiro atoms. The van der Waals surface area contributed by atoms with Crippen LogP contribution < -0.4 is 5.32 Å². The zero-order chi connectivity index (χ0) is 21.3. The highest BCUT2D eigenvalue weighted by Crippen LogP contribution is 2.35. The Morgan fingerprint density at radius 3 is 2.50 bits per heavy atom. The van der Waals surface area contributed by atoms with E-state index in [1.165, 1.54) is 22.5 Å². The number of nitrogens with one attached hydrogen (secondary N) is 1. The minimum atomic E-state index is -0.305. The number of anilines is 1. The number of esters is 1. The number of ether oxygens (including phenoxy) is 1. The van der Waals surface area contributed by atoms with Gasteiger partial charge in [-0.1, -0.05) is 69.2 Å². The van der Waals surface area contributed by atoms with Gasteiger partial charge in [0, 0.05) is 22.3 Å². The Bertz CT molecular complexity index is 1190. The summed E-state index contributed by atoms with van der Waals surface area (Å²) < 4.78 is 8.25. The van der Waals surface area contributed by atoms with Gasteiger partial charge >= 0.3 is 5.97 Å². The largest absolute Gasteiger partial charge is 0.462 e. The first kappa shape index (κ1) is 20.6. The van der Waals surface area contributed by atoms with Crippen molar-refractivity contribution in [3.63, 3.8) is 0 Å². The third kappa shape index (κ3) is 4.00. The molecule has 0 unspecified atom stereocenters. The summed E-state index contributed by atoms with van der Waals surface area (Å²) in [5, 5.41) is 3.55. The number of aromatic nitrogens is 2. The number of rotatable bonds is 6. The number of halogens is 1. The molecule has 0 amide bonds. The van der Waals surface area contributed by atoms with Crippen molar-refractivity contribution in [1.29, 1.82) is 0 Å². The monoisotopic (exact) mass is 483 g/mol. The Morgan fingerprint density at radius 2 is 1.83 bits per heavy atom. The van der Waals surface area contributed by atoms with Crippen molar-refractivity contribution in [1.82, 2.24) is 9.38 Å². The number of fused-ring (bicyclic) bond motifs is 1. The van der Waals surface area contributed by atoms with Crippen LogP contribution >= 0.6 is 27.3 Å². The van der Waals surface area contributed by atoms with E-state index < -0.39 is 0 Å². The summed E-state index contributed by atoms with van der Waals surface area (Å²) in [6.07, 6.45) is 0. The Morgan fingerprint density at radius 1 is 1.13 bits per heavy atom. The van der Waals surface area contributed by atoms with Gasteiger partial charge in [-0.3, -0.25) is 4.40 Å². The number of nitrogens with zero attached hydrogens (tertiary/aromatic N) is 2. The van der Waals surface area contributed by atoms with E-state index in [0.717, 1.165) is 32.2 Å². The smallest absolute Gasteiger partial charge is 0.350 e. The van der Waals surface area contributed by atoms with Crippen LogP contribution in [0.4, 0.5) is 5.82 Å². The predicted octanol–water partition coefficient (Wildman–Crippen LogP) is 6.23. The molecule has 0 aliphatic rings. The molecule has 30 heavy (non-hydrogen) atoms. The zero-order valence-electron chi connectivity index (χ0n) is 17.0. The number of carbonyl (C=O) groups excluding carboxylic acids is 1. The number of aryl methyl sites for hydroxylation is 2. The Kier molecular flexibility index (Phi) is 5.92. The van der Waals surface area contributed by atoms with Gasteiger partial charge in [0.2, 0.25) is 0 Å². The lowest BCUT2D eigenvalue weighted by Crippen LogP contribution is -2.07. The first-order valence-corrected chi connectivity index (χ1v) is 11.3. The van der Waals surface area contributed by atoms with E-state index in [4.69, 9.17) is 9.72 Å². The van der Waals surface area contributed by atoms with Crippen molar-refractivity contribution in [2.45, 2.75) is 27.3 Å². The number of hydrogen-bond acceptors (Lipinski definition) is 5. The highest BCUT2D eigenvalue weighted by molar-refractivity contribution is 9.10. The second kappa shape index (κ2) is 8.62. The molecular formula is C23H22BrN3O2S. The number of thiazole rings is 1. The molecule has 5 nitrogen and oxygen atoms in total. The fourth-order valence-corrected chi connectivity index (χ4v) is 4.58. The van der Waals surface area contributed by atoms with Crippen LogP contribution in [0.1, 0.15) is 33.4 Å². The maximum absolute atomic E-state index is 12.4. The quantitative estimate of drug-likeness (QED) is 0.330. The predicted molar refractivity (Wildman–Crippen MR) is 125 cm³/mol. The molecule has 4 aromatic rings. The molecule has 1 N–H and O–H groups in total. The van der Waals surface area contributed by atoms with E-state index in [1.54, 1.807) is 0 Å². The average Bonchev–Trinajstić information content (AvgIpc) is 3.25.